The second kappa shape index (κ2) is 11.0. The van der Waals surface area contributed by atoms with E-state index in [9.17, 15) is 4.79 Å². The van der Waals surface area contributed by atoms with Crippen molar-refractivity contribution < 1.29 is 9.53 Å². The second-order valence-corrected chi connectivity index (χ2v) is 5.66. The number of ether oxygens (including phenoxy) is 1. The van der Waals surface area contributed by atoms with Gasteiger partial charge in [0.15, 0.2) is 5.96 Å². The molecule has 7 nitrogen and oxygen atoms in total. The molecule has 1 amide bonds. The SMILES string of the molecule is CCNC(=O)CN=C(NCC)N1CCC(N2CCOCC2)C1.I. The van der Waals surface area contributed by atoms with Crippen LogP contribution in [0.3, 0.4) is 0 Å². The summed E-state index contributed by atoms with van der Waals surface area (Å²) in [5, 5.41) is 6.08. The van der Waals surface area contributed by atoms with E-state index in [0.717, 1.165) is 58.3 Å². The van der Waals surface area contributed by atoms with Crippen molar-refractivity contribution in [3.8, 4) is 0 Å². The Morgan fingerprint density at radius 2 is 1.87 bits per heavy atom. The first kappa shape index (κ1) is 20.4. The number of nitrogens with one attached hydrogen (secondary N) is 2. The molecule has 0 aliphatic carbocycles. The second-order valence-electron chi connectivity index (χ2n) is 5.66. The molecular formula is C15H30IN5O2. The third-order valence-electron chi connectivity index (χ3n) is 4.11. The fourth-order valence-electron chi connectivity index (χ4n) is 3.00. The van der Waals surface area contributed by atoms with E-state index in [-0.39, 0.29) is 36.4 Å². The number of carbonyl (C=O) groups is 1. The van der Waals surface area contributed by atoms with Gasteiger partial charge in [0.2, 0.25) is 5.91 Å². The first-order valence-corrected chi connectivity index (χ1v) is 8.36. The van der Waals surface area contributed by atoms with Crippen LogP contribution in [0.25, 0.3) is 0 Å². The largest absolute Gasteiger partial charge is 0.379 e. The van der Waals surface area contributed by atoms with Gasteiger partial charge in [0.05, 0.1) is 13.2 Å². The molecular weight excluding hydrogens is 409 g/mol. The molecule has 0 radical (unpaired) electrons. The average molecular weight is 439 g/mol. The van der Waals surface area contributed by atoms with Crippen molar-refractivity contribution in [1.82, 2.24) is 20.4 Å². The Hall–Kier alpha value is -0.610. The number of hydrogen-bond acceptors (Lipinski definition) is 4. The lowest BCUT2D eigenvalue weighted by atomic mass is 10.2. The molecule has 8 heteroatoms. The molecule has 23 heavy (non-hydrogen) atoms. The van der Waals surface area contributed by atoms with Crippen LogP contribution in [0, 0.1) is 0 Å². The van der Waals surface area contributed by atoms with E-state index < -0.39 is 0 Å². The van der Waals surface area contributed by atoms with Crippen LogP contribution < -0.4 is 10.6 Å². The maximum atomic E-state index is 11.6. The summed E-state index contributed by atoms with van der Waals surface area (Å²) in [5.41, 5.74) is 0. The fourth-order valence-corrected chi connectivity index (χ4v) is 3.00. The molecule has 0 spiro atoms. The normalized spacial score (nSPS) is 22.6. The van der Waals surface area contributed by atoms with Crippen LogP contribution >= 0.6 is 24.0 Å². The van der Waals surface area contributed by atoms with Gasteiger partial charge in [-0.05, 0) is 20.3 Å². The molecule has 2 aliphatic rings. The van der Waals surface area contributed by atoms with Gasteiger partial charge in [0, 0.05) is 45.3 Å². The van der Waals surface area contributed by atoms with Crippen molar-refractivity contribution in [3.05, 3.63) is 0 Å². The molecule has 0 aromatic rings. The summed E-state index contributed by atoms with van der Waals surface area (Å²) in [6, 6.07) is 0.567. The van der Waals surface area contributed by atoms with E-state index in [1.165, 1.54) is 0 Å². The van der Waals surface area contributed by atoms with Gasteiger partial charge in [-0.1, -0.05) is 0 Å². The minimum absolute atomic E-state index is 0. The number of hydrogen-bond donors (Lipinski definition) is 2. The van der Waals surface area contributed by atoms with Gasteiger partial charge in [-0.25, -0.2) is 4.99 Å². The molecule has 2 aliphatic heterocycles. The third-order valence-corrected chi connectivity index (χ3v) is 4.11. The van der Waals surface area contributed by atoms with Crippen LogP contribution in [-0.2, 0) is 9.53 Å². The van der Waals surface area contributed by atoms with Crippen molar-refractivity contribution in [2.45, 2.75) is 26.3 Å². The molecule has 2 N–H and O–H groups in total. The number of amides is 1. The van der Waals surface area contributed by atoms with E-state index in [1.54, 1.807) is 0 Å². The highest BCUT2D eigenvalue weighted by atomic mass is 127. The van der Waals surface area contributed by atoms with Gasteiger partial charge in [-0.2, -0.15) is 0 Å². The molecule has 0 aromatic carbocycles. The molecule has 2 rings (SSSR count). The number of nitrogens with zero attached hydrogens (tertiary/aromatic N) is 3. The molecule has 1 atom stereocenters. The van der Waals surface area contributed by atoms with E-state index in [2.05, 4.69) is 32.3 Å². The highest BCUT2D eigenvalue weighted by Crippen LogP contribution is 2.17. The summed E-state index contributed by atoms with van der Waals surface area (Å²) in [7, 11) is 0. The first-order valence-electron chi connectivity index (χ1n) is 8.36. The van der Waals surface area contributed by atoms with Gasteiger partial charge in [-0.3, -0.25) is 9.69 Å². The Morgan fingerprint density at radius 3 is 2.52 bits per heavy atom. The quantitative estimate of drug-likeness (QED) is 0.362. The van der Waals surface area contributed by atoms with Crippen LogP contribution in [0.4, 0.5) is 0 Å². The van der Waals surface area contributed by atoms with Crippen LogP contribution in [-0.4, -0.2) is 86.7 Å². The smallest absolute Gasteiger partial charge is 0.241 e. The van der Waals surface area contributed by atoms with Gasteiger partial charge >= 0.3 is 0 Å². The van der Waals surface area contributed by atoms with Crippen molar-refractivity contribution >= 4 is 35.8 Å². The summed E-state index contributed by atoms with van der Waals surface area (Å²) in [6.07, 6.45) is 1.14. The number of morpholine rings is 1. The predicted molar refractivity (Wildman–Crippen MR) is 102 cm³/mol. The lowest BCUT2D eigenvalue weighted by Gasteiger charge is -2.32. The van der Waals surface area contributed by atoms with Crippen LogP contribution in [0.5, 0.6) is 0 Å². The zero-order valence-corrected chi connectivity index (χ0v) is 16.5. The van der Waals surface area contributed by atoms with Crippen LogP contribution in [0.1, 0.15) is 20.3 Å². The monoisotopic (exact) mass is 439 g/mol. The molecule has 134 valence electrons. The molecule has 0 aromatic heterocycles. The molecule has 0 saturated carbocycles. The third kappa shape index (κ3) is 6.42. The van der Waals surface area contributed by atoms with E-state index in [1.807, 2.05) is 6.92 Å². The molecule has 2 saturated heterocycles. The van der Waals surface area contributed by atoms with Crippen LogP contribution in [0.15, 0.2) is 4.99 Å². The molecule has 2 fully saturated rings. The molecule has 0 bridgehead atoms. The number of likely N-dealkylation sites (tertiary alicyclic amines) is 1. The highest BCUT2D eigenvalue weighted by Gasteiger charge is 2.30. The van der Waals surface area contributed by atoms with Gasteiger partial charge < -0.3 is 20.3 Å². The topological polar surface area (TPSA) is 69.2 Å². The van der Waals surface area contributed by atoms with Crippen LogP contribution in [0.2, 0.25) is 0 Å². The van der Waals surface area contributed by atoms with Crippen molar-refractivity contribution in [2.75, 3.05) is 59.0 Å². The Balaban J connectivity index is 0.00000264. The van der Waals surface area contributed by atoms with Gasteiger partial charge in [-0.15, -0.1) is 24.0 Å². The van der Waals surface area contributed by atoms with E-state index in [4.69, 9.17) is 4.74 Å². The number of aliphatic imine (C=N–C) groups is 1. The molecule has 1 unspecified atom stereocenters. The number of likely N-dealkylation sites (N-methyl/N-ethyl adjacent to an activating group) is 1. The lowest BCUT2D eigenvalue weighted by molar-refractivity contribution is -0.119. The Morgan fingerprint density at radius 1 is 1.17 bits per heavy atom. The fraction of sp³-hybridized carbons (Fsp3) is 0.867. The Bertz CT molecular complexity index is 388. The van der Waals surface area contributed by atoms with Gasteiger partial charge in [0.25, 0.3) is 0 Å². The maximum Gasteiger partial charge on any atom is 0.241 e. The number of halogens is 1. The Labute approximate surface area is 156 Å². The Kier molecular flexibility index (Phi) is 9.80. The first-order chi connectivity index (χ1) is 10.7. The van der Waals surface area contributed by atoms with E-state index in [0.29, 0.717) is 12.6 Å². The summed E-state index contributed by atoms with van der Waals surface area (Å²) in [6.45, 7) is 11.3. The lowest BCUT2D eigenvalue weighted by Crippen LogP contribution is -2.47. The zero-order valence-electron chi connectivity index (χ0n) is 14.2. The van der Waals surface area contributed by atoms with Crippen molar-refractivity contribution in [3.63, 3.8) is 0 Å². The van der Waals surface area contributed by atoms with Crippen molar-refractivity contribution in [1.29, 1.82) is 0 Å². The highest BCUT2D eigenvalue weighted by molar-refractivity contribution is 14.0. The average Bonchev–Trinajstić information content (AvgIpc) is 3.02. The summed E-state index contributed by atoms with van der Waals surface area (Å²) >= 11 is 0. The zero-order chi connectivity index (χ0) is 15.8. The molecule has 2 heterocycles. The van der Waals surface area contributed by atoms with Crippen molar-refractivity contribution in [2.24, 2.45) is 4.99 Å². The van der Waals surface area contributed by atoms with E-state index >= 15 is 0 Å². The minimum Gasteiger partial charge on any atom is -0.379 e. The summed E-state index contributed by atoms with van der Waals surface area (Å²) < 4.78 is 5.42. The minimum atomic E-state index is -0.0261. The summed E-state index contributed by atoms with van der Waals surface area (Å²) in [5.74, 6) is 0.825. The standard InChI is InChI=1S/C15H29N5O2.HI/c1-3-16-14(21)11-18-15(17-4-2)20-6-5-13(12-20)19-7-9-22-10-8-19;/h13H,3-12H2,1-2H3,(H,16,21)(H,17,18);1H. The summed E-state index contributed by atoms with van der Waals surface area (Å²) in [4.78, 5) is 20.8. The number of rotatable bonds is 5. The van der Waals surface area contributed by atoms with Gasteiger partial charge in [0.1, 0.15) is 6.54 Å². The maximum absolute atomic E-state index is 11.6. The predicted octanol–water partition coefficient (Wildman–Crippen LogP) is 0.113. The number of guanidine groups is 1. The number of carbonyl (C=O) groups excluding carboxylic acids is 1.